The van der Waals surface area contributed by atoms with E-state index in [4.69, 9.17) is 10.2 Å². The maximum atomic E-state index is 8.52. The Kier molecular flexibility index (Phi) is 3.61. The van der Waals surface area contributed by atoms with Crippen LogP contribution in [0, 0.1) is 0 Å². The largest absolute Gasteiger partial charge is 0.504 e. The van der Waals surface area contributed by atoms with E-state index in [9.17, 15) is 0 Å². The Morgan fingerprint density at radius 2 is 1.50 bits per heavy atom. The average Bonchev–Trinajstić information content (AvgIpc) is 1.91. The third kappa shape index (κ3) is 1.73. The Hall–Kier alpha value is 0.404. The van der Waals surface area contributed by atoms with Gasteiger partial charge in [0.05, 0.1) is 0 Å². The van der Waals surface area contributed by atoms with Gasteiger partial charge >= 0.3 is 0 Å². The Bertz CT molecular complexity index is 146. The Labute approximate surface area is 76.0 Å². The summed E-state index contributed by atoms with van der Waals surface area (Å²) >= 11 is 1.27. The quantitative estimate of drug-likeness (QED) is 0.667. The molecule has 1 aromatic heterocycles. The summed E-state index contributed by atoms with van der Waals surface area (Å²) in [6.45, 7) is 0. The Morgan fingerprint density at radius 1 is 1.12 bits per heavy atom. The fourth-order valence-corrected chi connectivity index (χ4v) is 0.851. The average molecular weight is 205 g/mol. The summed E-state index contributed by atoms with van der Waals surface area (Å²) in [5.74, 6) is -0.0741. The topological polar surface area (TPSA) is 40.5 Å². The van der Waals surface area contributed by atoms with Gasteiger partial charge in [0, 0.05) is 43.5 Å². The van der Waals surface area contributed by atoms with Gasteiger partial charge in [0.15, 0.2) is 11.5 Å². The molecule has 8 heavy (non-hydrogen) atoms. The third-order valence-corrected chi connectivity index (χ3v) is 1.34. The van der Waals surface area contributed by atoms with Crippen LogP contribution in [0.4, 0.5) is 0 Å². The monoisotopic (exact) mass is 205 g/mol. The van der Waals surface area contributed by atoms with Crippen molar-refractivity contribution in [3.8, 4) is 11.5 Å². The van der Waals surface area contributed by atoms with Gasteiger partial charge in [-0.2, -0.15) is 0 Å². The predicted octanol–water partition coefficient (Wildman–Crippen LogP) is 1.16. The van der Waals surface area contributed by atoms with Crippen LogP contribution in [-0.2, 0) is 32.7 Å². The van der Waals surface area contributed by atoms with Crippen molar-refractivity contribution in [2.24, 2.45) is 0 Å². The second-order valence-corrected chi connectivity index (χ2v) is 1.89. The van der Waals surface area contributed by atoms with Crippen molar-refractivity contribution in [1.82, 2.24) is 0 Å². The molecule has 0 spiro atoms. The molecule has 2 N–H and O–H groups in total. The van der Waals surface area contributed by atoms with Gasteiger partial charge in [-0.3, -0.25) is 0 Å². The molecule has 0 fully saturated rings. The van der Waals surface area contributed by atoms with Gasteiger partial charge in [-0.1, -0.05) is 0 Å². The number of thiophene rings is 1. The van der Waals surface area contributed by atoms with Crippen LogP contribution in [0.1, 0.15) is 0 Å². The molecule has 0 aromatic carbocycles. The molecule has 0 saturated carbocycles. The number of rotatable bonds is 0. The standard InChI is InChI=1S/C4H4O2S.Y/c5-3-1-7-2-4(3)6;/h1-2,5-6H;. The first-order valence-electron chi connectivity index (χ1n) is 1.75. The molecule has 0 aliphatic heterocycles. The van der Waals surface area contributed by atoms with Gasteiger partial charge < -0.3 is 10.2 Å². The summed E-state index contributed by atoms with van der Waals surface area (Å²) in [6, 6.07) is 0. The molecule has 0 unspecified atom stereocenters. The Balaban J connectivity index is 0.000000490. The van der Waals surface area contributed by atoms with E-state index in [1.54, 1.807) is 0 Å². The number of hydrogen-bond donors (Lipinski definition) is 2. The van der Waals surface area contributed by atoms with Gasteiger partial charge in [0.25, 0.3) is 0 Å². The van der Waals surface area contributed by atoms with Crippen LogP contribution < -0.4 is 0 Å². The molecule has 4 heteroatoms. The van der Waals surface area contributed by atoms with Crippen LogP contribution in [0.15, 0.2) is 10.8 Å². The smallest absolute Gasteiger partial charge is 0.168 e. The molecule has 1 aromatic rings. The van der Waals surface area contributed by atoms with E-state index in [1.165, 1.54) is 22.1 Å². The minimum atomic E-state index is -0.0370. The second kappa shape index (κ2) is 3.43. The van der Waals surface area contributed by atoms with Crippen molar-refractivity contribution in [2.45, 2.75) is 0 Å². The molecular formula is C4H4O2SY. The van der Waals surface area contributed by atoms with Crippen LogP contribution in [0.5, 0.6) is 11.5 Å². The van der Waals surface area contributed by atoms with Gasteiger partial charge in [-0.15, -0.1) is 11.3 Å². The van der Waals surface area contributed by atoms with E-state index < -0.39 is 0 Å². The molecule has 0 amide bonds. The van der Waals surface area contributed by atoms with E-state index >= 15 is 0 Å². The number of aromatic hydroxyl groups is 2. The molecule has 1 radical (unpaired) electrons. The zero-order valence-electron chi connectivity index (χ0n) is 4.03. The van der Waals surface area contributed by atoms with Crippen molar-refractivity contribution in [2.75, 3.05) is 0 Å². The molecule has 1 rings (SSSR count). The molecule has 0 aliphatic rings. The maximum Gasteiger partial charge on any atom is 0.168 e. The summed E-state index contributed by atoms with van der Waals surface area (Å²) in [4.78, 5) is 0. The Morgan fingerprint density at radius 3 is 1.62 bits per heavy atom. The van der Waals surface area contributed by atoms with Crippen molar-refractivity contribution in [3.63, 3.8) is 0 Å². The van der Waals surface area contributed by atoms with Gasteiger partial charge in [0.1, 0.15) is 0 Å². The van der Waals surface area contributed by atoms with Crippen molar-refractivity contribution in [3.05, 3.63) is 10.8 Å². The minimum Gasteiger partial charge on any atom is -0.504 e. The summed E-state index contributed by atoms with van der Waals surface area (Å²) in [5.41, 5.74) is 0. The zero-order chi connectivity index (χ0) is 5.28. The van der Waals surface area contributed by atoms with E-state index in [1.807, 2.05) is 0 Å². The summed E-state index contributed by atoms with van der Waals surface area (Å²) in [6.07, 6.45) is 0. The molecular weight excluding hydrogens is 201 g/mol. The first kappa shape index (κ1) is 8.40. The molecule has 2 nitrogen and oxygen atoms in total. The number of hydrogen-bond acceptors (Lipinski definition) is 3. The summed E-state index contributed by atoms with van der Waals surface area (Å²) < 4.78 is 0. The maximum absolute atomic E-state index is 8.52. The van der Waals surface area contributed by atoms with Crippen LogP contribution in [0.3, 0.4) is 0 Å². The second-order valence-electron chi connectivity index (χ2n) is 1.14. The van der Waals surface area contributed by atoms with Gasteiger partial charge in [-0.25, -0.2) is 0 Å². The van der Waals surface area contributed by atoms with E-state index in [0.717, 1.165) is 0 Å². The molecule has 0 aliphatic carbocycles. The van der Waals surface area contributed by atoms with E-state index in [0.29, 0.717) is 0 Å². The minimum absolute atomic E-state index is 0. The third-order valence-electron chi connectivity index (χ3n) is 0.622. The van der Waals surface area contributed by atoms with Gasteiger partial charge in [-0.05, 0) is 0 Å². The van der Waals surface area contributed by atoms with Crippen LogP contribution in [0.25, 0.3) is 0 Å². The van der Waals surface area contributed by atoms with Crippen molar-refractivity contribution >= 4 is 11.3 Å². The molecule has 0 atom stereocenters. The molecule has 0 bridgehead atoms. The van der Waals surface area contributed by atoms with Crippen molar-refractivity contribution in [1.29, 1.82) is 0 Å². The van der Waals surface area contributed by atoms with Crippen LogP contribution in [0.2, 0.25) is 0 Å². The fraction of sp³-hybridized carbons (Fsp3) is 0. The first-order valence-corrected chi connectivity index (χ1v) is 2.69. The summed E-state index contributed by atoms with van der Waals surface area (Å²) in [7, 11) is 0. The van der Waals surface area contributed by atoms with E-state index in [2.05, 4.69) is 0 Å². The van der Waals surface area contributed by atoms with E-state index in [-0.39, 0.29) is 44.2 Å². The van der Waals surface area contributed by atoms with Crippen molar-refractivity contribution < 1.29 is 42.9 Å². The summed E-state index contributed by atoms with van der Waals surface area (Å²) in [5, 5.41) is 20.0. The molecule has 0 saturated heterocycles. The zero-order valence-corrected chi connectivity index (χ0v) is 7.69. The van der Waals surface area contributed by atoms with Gasteiger partial charge in [0.2, 0.25) is 0 Å². The normalized spacial score (nSPS) is 8.00. The first-order chi connectivity index (χ1) is 3.30. The van der Waals surface area contributed by atoms with Crippen LogP contribution >= 0.6 is 11.3 Å². The fourth-order valence-electron chi connectivity index (χ4n) is 0.284. The predicted molar refractivity (Wildman–Crippen MR) is 27.6 cm³/mol. The molecule has 1 heterocycles. The molecule has 41 valence electrons. The SMILES string of the molecule is Oc1cscc1O.[Y]. The van der Waals surface area contributed by atoms with Crippen LogP contribution in [-0.4, -0.2) is 10.2 Å².